The Balaban J connectivity index is 1.92. The minimum atomic E-state index is -0.449. The van der Waals surface area contributed by atoms with Gasteiger partial charge in [-0.2, -0.15) is 0 Å². The molecule has 1 N–H and O–H groups in total. The third kappa shape index (κ3) is 3.57. The lowest BCUT2D eigenvalue weighted by Gasteiger charge is -2.10. The number of nitrogens with zero attached hydrogens (tertiary/aromatic N) is 2. The summed E-state index contributed by atoms with van der Waals surface area (Å²) < 4.78 is 23.1. The largest absolute Gasteiger partial charge is 0.493 e. The van der Waals surface area contributed by atoms with E-state index in [-0.39, 0.29) is 0 Å². The Morgan fingerprint density at radius 3 is 2.45 bits per heavy atom. The average molecular weight is 277 g/mol. The summed E-state index contributed by atoms with van der Waals surface area (Å²) >= 11 is 0. The summed E-state index contributed by atoms with van der Waals surface area (Å²) in [5.74, 6) is 1.36. The Morgan fingerprint density at radius 2 is 1.80 bits per heavy atom. The fraction of sp³-hybridized carbons (Fsp3) is 0.286. The van der Waals surface area contributed by atoms with Gasteiger partial charge in [0, 0.05) is 6.54 Å². The molecule has 0 fully saturated rings. The Hall–Kier alpha value is -2.37. The van der Waals surface area contributed by atoms with E-state index < -0.39 is 5.82 Å². The normalized spacial score (nSPS) is 10.2. The van der Waals surface area contributed by atoms with Crippen LogP contribution in [0, 0.1) is 5.82 Å². The highest BCUT2D eigenvalue weighted by molar-refractivity contribution is 5.43. The van der Waals surface area contributed by atoms with Gasteiger partial charge in [-0.1, -0.05) is 6.07 Å². The number of halogens is 1. The minimum Gasteiger partial charge on any atom is -0.493 e. The molecule has 0 amide bonds. The maximum Gasteiger partial charge on any atom is 0.222 e. The van der Waals surface area contributed by atoms with Gasteiger partial charge in [-0.3, -0.25) is 0 Å². The molecular weight excluding hydrogens is 261 g/mol. The number of rotatable bonds is 6. The molecule has 106 valence electrons. The van der Waals surface area contributed by atoms with Gasteiger partial charge < -0.3 is 14.8 Å². The van der Waals surface area contributed by atoms with Crippen LogP contribution in [0.2, 0.25) is 0 Å². The molecule has 6 heteroatoms. The molecule has 2 aromatic rings. The van der Waals surface area contributed by atoms with E-state index in [0.717, 1.165) is 24.4 Å². The number of hydrogen-bond donors (Lipinski definition) is 1. The minimum absolute atomic E-state index is 0.409. The van der Waals surface area contributed by atoms with Crippen molar-refractivity contribution < 1.29 is 13.9 Å². The van der Waals surface area contributed by atoms with Crippen LogP contribution in [0.5, 0.6) is 11.5 Å². The zero-order chi connectivity index (χ0) is 14.4. The van der Waals surface area contributed by atoms with Crippen LogP contribution in [-0.2, 0) is 6.42 Å². The monoisotopic (exact) mass is 277 g/mol. The predicted molar refractivity (Wildman–Crippen MR) is 73.7 cm³/mol. The molecule has 1 aromatic heterocycles. The van der Waals surface area contributed by atoms with E-state index in [2.05, 4.69) is 15.3 Å². The number of aromatic nitrogens is 2. The van der Waals surface area contributed by atoms with Crippen LogP contribution in [0.3, 0.4) is 0 Å². The van der Waals surface area contributed by atoms with Gasteiger partial charge in [-0.15, -0.1) is 0 Å². The third-order valence-corrected chi connectivity index (χ3v) is 2.77. The van der Waals surface area contributed by atoms with Gasteiger partial charge in [0.15, 0.2) is 17.3 Å². The standard InChI is InChI=1S/C14H16FN3O2/c1-19-12-4-3-10(7-13(12)20-2)5-6-16-14-17-8-11(15)9-18-14/h3-4,7-9H,5-6H2,1-2H3,(H,16,17,18). The zero-order valence-electron chi connectivity index (χ0n) is 11.4. The quantitative estimate of drug-likeness (QED) is 0.878. The lowest BCUT2D eigenvalue weighted by Crippen LogP contribution is -2.08. The number of methoxy groups -OCH3 is 2. The fourth-order valence-corrected chi connectivity index (χ4v) is 1.76. The van der Waals surface area contributed by atoms with E-state index in [1.54, 1.807) is 14.2 Å². The van der Waals surface area contributed by atoms with Crippen LogP contribution in [0.1, 0.15) is 5.56 Å². The van der Waals surface area contributed by atoms with Crippen LogP contribution >= 0.6 is 0 Å². The van der Waals surface area contributed by atoms with Crippen LogP contribution in [0.25, 0.3) is 0 Å². The van der Waals surface area contributed by atoms with Crippen molar-refractivity contribution in [2.75, 3.05) is 26.1 Å². The van der Waals surface area contributed by atoms with Crippen molar-refractivity contribution in [2.45, 2.75) is 6.42 Å². The maximum absolute atomic E-state index is 12.7. The molecule has 5 nitrogen and oxygen atoms in total. The zero-order valence-corrected chi connectivity index (χ0v) is 11.4. The van der Waals surface area contributed by atoms with Gasteiger partial charge in [-0.25, -0.2) is 14.4 Å². The molecule has 1 aromatic carbocycles. The topological polar surface area (TPSA) is 56.3 Å². The van der Waals surface area contributed by atoms with Crippen molar-refractivity contribution in [3.8, 4) is 11.5 Å². The second kappa shape index (κ2) is 6.70. The van der Waals surface area contributed by atoms with Crippen LogP contribution in [0.4, 0.5) is 10.3 Å². The molecule has 0 unspecified atom stereocenters. The lowest BCUT2D eigenvalue weighted by molar-refractivity contribution is 0.354. The highest BCUT2D eigenvalue weighted by Crippen LogP contribution is 2.27. The summed E-state index contributed by atoms with van der Waals surface area (Å²) in [6, 6.07) is 5.75. The highest BCUT2D eigenvalue weighted by atomic mass is 19.1. The van der Waals surface area contributed by atoms with Gasteiger partial charge >= 0.3 is 0 Å². The van der Waals surface area contributed by atoms with Crippen molar-refractivity contribution >= 4 is 5.95 Å². The molecule has 0 bridgehead atoms. The Kier molecular flexibility index (Phi) is 4.70. The summed E-state index contributed by atoms with van der Waals surface area (Å²) in [5.41, 5.74) is 1.09. The van der Waals surface area contributed by atoms with Crippen LogP contribution in [-0.4, -0.2) is 30.7 Å². The van der Waals surface area contributed by atoms with Crippen molar-refractivity contribution in [1.82, 2.24) is 9.97 Å². The van der Waals surface area contributed by atoms with E-state index in [9.17, 15) is 4.39 Å². The van der Waals surface area contributed by atoms with E-state index in [1.165, 1.54) is 0 Å². The molecule has 0 aliphatic heterocycles. The lowest BCUT2D eigenvalue weighted by atomic mass is 10.1. The van der Waals surface area contributed by atoms with Gasteiger partial charge in [0.25, 0.3) is 0 Å². The highest BCUT2D eigenvalue weighted by Gasteiger charge is 2.04. The number of benzene rings is 1. The Bertz CT molecular complexity index is 561. The SMILES string of the molecule is COc1ccc(CCNc2ncc(F)cn2)cc1OC. The second-order valence-corrected chi connectivity index (χ2v) is 4.09. The molecular formula is C14H16FN3O2. The smallest absolute Gasteiger partial charge is 0.222 e. The summed E-state index contributed by atoms with van der Waals surface area (Å²) in [5, 5.41) is 3.03. The second-order valence-electron chi connectivity index (χ2n) is 4.09. The predicted octanol–water partition coefficient (Wildman–Crippen LogP) is 2.29. The third-order valence-electron chi connectivity index (χ3n) is 2.77. The van der Waals surface area contributed by atoms with Crippen molar-refractivity contribution in [1.29, 1.82) is 0 Å². The summed E-state index contributed by atoms with van der Waals surface area (Å²) in [7, 11) is 3.21. The molecule has 0 saturated heterocycles. The molecule has 1 heterocycles. The van der Waals surface area contributed by atoms with Crippen LogP contribution in [0.15, 0.2) is 30.6 Å². The van der Waals surface area contributed by atoms with E-state index in [1.807, 2.05) is 18.2 Å². The van der Waals surface area contributed by atoms with Gasteiger partial charge in [0.1, 0.15) is 0 Å². The van der Waals surface area contributed by atoms with Crippen molar-refractivity contribution in [3.63, 3.8) is 0 Å². The molecule has 0 saturated carbocycles. The van der Waals surface area contributed by atoms with Crippen molar-refractivity contribution in [3.05, 3.63) is 42.0 Å². The number of nitrogens with one attached hydrogen (secondary N) is 1. The first kappa shape index (κ1) is 14.0. The molecule has 0 aliphatic rings. The van der Waals surface area contributed by atoms with Gasteiger partial charge in [0.2, 0.25) is 5.95 Å². The number of anilines is 1. The molecule has 0 spiro atoms. The maximum atomic E-state index is 12.7. The first-order valence-corrected chi connectivity index (χ1v) is 6.15. The first-order valence-electron chi connectivity index (χ1n) is 6.15. The molecule has 0 aliphatic carbocycles. The van der Waals surface area contributed by atoms with Gasteiger partial charge in [-0.05, 0) is 24.1 Å². The molecule has 0 radical (unpaired) electrons. The van der Waals surface area contributed by atoms with Gasteiger partial charge in [0.05, 0.1) is 26.6 Å². The molecule has 2 rings (SSSR count). The summed E-state index contributed by atoms with van der Waals surface area (Å²) in [6.45, 7) is 0.640. The average Bonchev–Trinajstić information content (AvgIpc) is 2.49. The number of ether oxygens (including phenoxy) is 2. The molecule has 20 heavy (non-hydrogen) atoms. The van der Waals surface area contributed by atoms with E-state index in [4.69, 9.17) is 9.47 Å². The summed E-state index contributed by atoms with van der Waals surface area (Å²) in [4.78, 5) is 7.66. The first-order chi connectivity index (χ1) is 9.72. The van der Waals surface area contributed by atoms with Crippen molar-refractivity contribution in [2.24, 2.45) is 0 Å². The Morgan fingerprint density at radius 1 is 1.10 bits per heavy atom. The molecule has 0 atom stereocenters. The van der Waals surface area contributed by atoms with E-state index >= 15 is 0 Å². The fourth-order valence-electron chi connectivity index (χ4n) is 1.76. The number of hydrogen-bond acceptors (Lipinski definition) is 5. The summed E-state index contributed by atoms with van der Waals surface area (Å²) in [6.07, 6.45) is 3.03. The van der Waals surface area contributed by atoms with Crippen LogP contribution < -0.4 is 14.8 Å². The van der Waals surface area contributed by atoms with E-state index in [0.29, 0.717) is 24.0 Å². The Labute approximate surface area is 116 Å².